The molecule has 0 bridgehead atoms. The number of nitrogens with zero attached hydrogens (tertiary/aromatic N) is 1. The predicted molar refractivity (Wildman–Crippen MR) is 65.3 cm³/mol. The van der Waals surface area contributed by atoms with Crippen LogP contribution in [-0.2, 0) is 9.59 Å². The third kappa shape index (κ3) is 3.20. The second-order valence-electron chi connectivity index (χ2n) is 5.64. The van der Waals surface area contributed by atoms with Crippen LogP contribution in [0.1, 0.15) is 39.5 Å². The van der Waals surface area contributed by atoms with E-state index >= 15 is 0 Å². The topological polar surface area (TPSA) is 49.4 Å². The molecule has 17 heavy (non-hydrogen) atoms. The van der Waals surface area contributed by atoms with Gasteiger partial charge in [0.2, 0.25) is 11.8 Å². The summed E-state index contributed by atoms with van der Waals surface area (Å²) in [6.07, 6.45) is 3.62. The minimum Gasteiger partial charge on any atom is -0.344 e. The molecule has 1 heterocycles. The lowest BCUT2D eigenvalue weighted by Gasteiger charge is -2.24. The van der Waals surface area contributed by atoms with Crippen molar-refractivity contribution < 1.29 is 9.59 Å². The molecule has 4 nitrogen and oxygen atoms in total. The molecule has 1 aliphatic carbocycles. The Balaban J connectivity index is 1.99. The molecule has 0 aromatic heterocycles. The largest absolute Gasteiger partial charge is 0.344 e. The third-order valence-corrected chi connectivity index (χ3v) is 3.57. The van der Waals surface area contributed by atoms with E-state index in [9.17, 15) is 9.59 Å². The Morgan fingerprint density at radius 2 is 2.06 bits per heavy atom. The van der Waals surface area contributed by atoms with Crippen molar-refractivity contribution >= 4 is 11.8 Å². The van der Waals surface area contributed by atoms with E-state index in [1.54, 1.807) is 0 Å². The highest BCUT2D eigenvalue weighted by molar-refractivity contribution is 5.90. The molecule has 2 fully saturated rings. The van der Waals surface area contributed by atoms with E-state index in [0.29, 0.717) is 24.8 Å². The van der Waals surface area contributed by atoms with Crippen molar-refractivity contribution in [2.45, 2.75) is 45.6 Å². The maximum absolute atomic E-state index is 12.3. The fourth-order valence-corrected chi connectivity index (χ4v) is 2.24. The zero-order valence-corrected chi connectivity index (χ0v) is 10.7. The van der Waals surface area contributed by atoms with Crippen molar-refractivity contribution in [3.8, 4) is 0 Å². The van der Waals surface area contributed by atoms with Crippen LogP contribution < -0.4 is 5.32 Å². The lowest BCUT2D eigenvalue weighted by Crippen LogP contribution is -2.46. The molecule has 1 atom stereocenters. The van der Waals surface area contributed by atoms with Crippen molar-refractivity contribution in [1.29, 1.82) is 0 Å². The number of rotatable bonds is 4. The predicted octanol–water partition coefficient (Wildman–Crippen LogP) is 1.16. The van der Waals surface area contributed by atoms with Gasteiger partial charge >= 0.3 is 0 Å². The Morgan fingerprint density at radius 3 is 2.65 bits per heavy atom. The summed E-state index contributed by atoms with van der Waals surface area (Å²) in [5.74, 6) is 1.15. The number of carbonyl (C=O) groups excluding carboxylic acids is 2. The molecule has 0 spiro atoms. The molecule has 1 saturated carbocycles. The molecule has 4 heteroatoms. The maximum Gasteiger partial charge on any atom is 0.245 e. The quantitative estimate of drug-likeness (QED) is 0.799. The normalized spacial score (nSPS) is 26.1. The molecule has 1 unspecified atom stereocenters. The van der Waals surface area contributed by atoms with Crippen molar-refractivity contribution in [1.82, 2.24) is 10.2 Å². The minimum atomic E-state index is -0.239. The summed E-state index contributed by atoms with van der Waals surface area (Å²) < 4.78 is 0. The molecule has 2 amide bonds. The fourth-order valence-electron chi connectivity index (χ4n) is 2.24. The SMILES string of the molecule is CC(C)CCN1CCC(=O)NC(C2CC2)C1=O. The summed E-state index contributed by atoms with van der Waals surface area (Å²) in [5, 5.41) is 2.88. The van der Waals surface area contributed by atoms with Gasteiger partial charge in [-0.05, 0) is 31.1 Å². The van der Waals surface area contributed by atoms with Crippen LogP contribution in [0, 0.1) is 11.8 Å². The first-order valence-corrected chi connectivity index (χ1v) is 6.66. The van der Waals surface area contributed by atoms with E-state index in [0.717, 1.165) is 25.8 Å². The Labute approximate surface area is 103 Å². The van der Waals surface area contributed by atoms with E-state index in [2.05, 4.69) is 19.2 Å². The standard InChI is InChI=1S/C13H22N2O2/c1-9(2)5-7-15-8-6-11(16)14-12(13(15)17)10-3-4-10/h9-10,12H,3-8H2,1-2H3,(H,14,16). The van der Waals surface area contributed by atoms with Crippen LogP contribution in [0.5, 0.6) is 0 Å². The van der Waals surface area contributed by atoms with E-state index in [-0.39, 0.29) is 17.9 Å². The molecule has 0 aromatic carbocycles. The van der Waals surface area contributed by atoms with E-state index in [1.165, 1.54) is 0 Å². The first-order chi connectivity index (χ1) is 8.08. The van der Waals surface area contributed by atoms with Gasteiger partial charge in [0.05, 0.1) is 0 Å². The van der Waals surface area contributed by atoms with E-state index in [4.69, 9.17) is 0 Å². The first-order valence-electron chi connectivity index (χ1n) is 6.66. The molecule has 1 saturated heterocycles. The monoisotopic (exact) mass is 238 g/mol. The van der Waals surface area contributed by atoms with Gasteiger partial charge in [0.1, 0.15) is 6.04 Å². The number of hydrogen-bond acceptors (Lipinski definition) is 2. The zero-order valence-electron chi connectivity index (χ0n) is 10.7. The second-order valence-corrected chi connectivity index (χ2v) is 5.64. The summed E-state index contributed by atoms with van der Waals surface area (Å²) in [5.41, 5.74) is 0. The maximum atomic E-state index is 12.3. The van der Waals surface area contributed by atoms with Crippen LogP contribution >= 0.6 is 0 Å². The van der Waals surface area contributed by atoms with Gasteiger partial charge in [-0.25, -0.2) is 0 Å². The highest BCUT2D eigenvalue weighted by Crippen LogP contribution is 2.34. The summed E-state index contributed by atoms with van der Waals surface area (Å²) >= 11 is 0. The minimum absolute atomic E-state index is 0.0299. The lowest BCUT2D eigenvalue weighted by molar-refractivity contribution is -0.134. The van der Waals surface area contributed by atoms with Gasteiger partial charge in [0.25, 0.3) is 0 Å². The zero-order chi connectivity index (χ0) is 12.4. The Kier molecular flexibility index (Phi) is 3.69. The third-order valence-electron chi connectivity index (χ3n) is 3.57. The molecule has 96 valence electrons. The highest BCUT2D eigenvalue weighted by atomic mass is 16.2. The molecule has 2 rings (SSSR count). The van der Waals surface area contributed by atoms with Gasteiger partial charge in [0.15, 0.2) is 0 Å². The second kappa shape index (κ2) is 5.07. The molecular formula is C13H22N2O2. The Hall–Kier alpha value is -1.06. The molecule has 0 radical (unpaired) electrons. The van der Waals surface area contributed by atoms with Gasteiger partial charge in [-0.1, -0.05) is 13.8 Å². The lowest BCUT2D eigenvalue weighted by atomic mass is 10.1. The van der Waals surface area contributed by atoms with Crippen LogP contribution in [-0.4, -0.2) is 35.8 Å². The summed E-state index contributed by atoms with van der Waals surface area (Å²) in [7, 11) is 0. The van der Waals surface area contributed by atoms with Crippen molar-refractivity contribution in [2.75, 3.05) is 13.1 Å². The van der Waals surface area contributed by atoms with Crippen LogP contribution in [0.15, 0.2) is 0 Å². The number of nitrogens with one attached hydrogen (secondary N) is 1. The summed E-state index contributed by atoms with van der Waals surface area (Å²) in [4.78, 5) is 25.7. The van der Waals surface area contributed by atoms with Crippen molar-refractivity contribution in [2.24, 2.45) is 11.8 Å². The van der Waals surface area contributed by atoms with Gasteiger partial charge < -0.3 is 10.2 Å². The molecular weight excluding hydrogens is 216 g/mol. The van der Waals surface area contributed by atoms with Crippen molar-refractivity contribution in [3.05, 3.63) is 0 Å². The van der Waals surface area contributed by atoms with Crippen LogP contribution in [0.25, 0.3) is 0 Å². The van der Waals surface area contributed by atoms with Crippen LogP contribution in [0.3, 0.4) is 0 Å². The molecule has 1 aliphatic heterocycles. The smallest absolute Gasteiger partial charge is 0.245 e. The summed E-state index contributed by atoms with van der Waals surface area (Å²) in [6, 6.07) is -0.239. The summed E-state index contributed by atoms with van der Waals surface area (Å²) in [6.45, 7) is 5.68. The first kappa shape index (κ1) is 12.4. The average molecular weight is 238 g/mol. The number of carbonyl (C=O) groups is 2. The van der Waals surface area contributed by atoms with Crippen LogP contribution in [0.2, 0.25) is 0 Å². The number of hydrogen-bond donors (Lipinski definition) is 1. The van der Waals surface area contributed by atoms with Crippen LogP contribution in [0.4, 0.5) is 0 Å². The fraction of sp³-hybridized carbons (Fsp3) is 0.846. The molecule has 2 aliphatic rings. The van der Waals surface area contributed by atoms with Gasteiger partial charge in [-0.3, -0.25) is 9.59 Å². The van der Waals surface area contributed by atoms with Gasteiger partial charge in [-0.15, -0.1) is 0 Å². The average Bonchev–Trinajstić information content (AvgIpc) is 3.07. The molecule has 0 aromatic rings. The number of amides is 2. The Morgan fingerprint density at radius 1 is 1.35 bits per heavy atom. The van der Waals surface area contributed by atoms with E-state index < -0.39 is 0 Å². The van der Waals surface area contributed by atoms with Gasteiger partial charge in [-0.2, -0.15) is 0 Å². The van der Waals surface area contributed by atoms with Gasteiger partial charge in [0, 0.05) is 19.5 Å². The molecule has 1 N–H and O–H groups in total. The van der Waals surface area contributed by atoms with Crippen molar-refractivity contribution in [3.63, 3.8) is 0 Å². The highest BCUT2D eigenvalue weighted by Gasteiger charge is 2.40. The van der Waals surface area contributed by atoms with E-state index in [1.807, 2.05) is 4.90 Å². The Bertz CT molecular complexity index is 311.